The Balaban J connectivity index is 1.73. The molecular formula is C34H42FN3O4S. The Labute approximate surface area is 259 Å². The number of alkyl halides is 1. The maximum Gasteiger partial charge on any atom is 0.306 e. The van der Waals surface area contributed by atoms with Crippen LogP contribution in [0, 0.1) is 11.3 Å². The van der Waals surface area contributed by atoms with Gasteiger partial charge < -0.3 is 14.2 Å². The summed E-state index contributed by atoms with van der Waals surface area (Å²) in [5.74, 6) is 0.648. The third-order valence-corrected chi connectivity index (χ3v) is 7.58. The van der Waals surface area contributed by atoms with Crippen molar-refractivity contribution < 1.29 is 23.4 Å². The molecule has 0 N–H and O–H groups in total. The van der Waals surface area contributed by atoms with Crippen molar-refractivity contribution in [3.8, 4) is 17.6 Å². The molecule has 0 aliphatic rings. The van der Waals surface area contributed by atoms with Crippen molar-refractivity contribution in [2.24, 2.45) is 0 Å². The predicted molar refractivity (Wildman–Crippen MR) is 167 cm³/mol. The minimum absolute atomic E-state index is 0.0476. The summed E-state index contributed by atoms with van der Waals surface area (Å²) in [4.78, 5) is 20.7. The number of halogens is 1. The molecule has 1 unspecified atom stereocenters. The van der Waals surface area contributed by atoms with Gasteiger partial charge in [0.15, 0.2) is 5.16 Å². The number of nitrogens with zero attached hydrogens (tertiary/aromatic N) is 3. The fraction of sp³-hybridized carbons (Fsp3) is 0.471. The zero-order valence-electron chi connectivity index (χ0n) is 26.4. The number of esters is 1. The minimum Gasteiger partial charge on any atom is -0.489 e. The van der Waals surface area contributed by atoms with Crippen molar-refractivity contribution in [1.82, 2.24) is 9.97 Å². The molecule has 7 nitrogen and oxygen atoms in total. The van der Waals surface area contributed by atoms with Crippen LogP contribution in [-0.2, 0) is 28.0 Å². The number of thioether (sulfide) groups is 1. The summed E-state index contributed by atoms with van der Waals surface area (Å²) < 4.78 is 32.5. The quantitative estimate of drug-likeness (QED) is 0.111. The molecule has 2 aromatic carbocycles. The van der Waals surface area contributed by atoms with E-state index in [0.717, 1.165) is 28.1 Å². The van der Waals surface area contributed by atoms with Crippen LogP contribution < -0.4 is 9.47 Å². The molecule has 9 heteroatoms. The molecule has 3 aromatic rings. The normalized spacial score (nSPS) is 13.1. The molecule has 43 heavy (non-hydrogen) atoms. The second-order valence-electron chi connectivity index (χ2n) is 12.2. The highest BCUT2D eigenvalue weighted by Gasteiger charge is 2.30. The first-order valence-electron chi connectivity index (χ1n) is 14.4. The third-order valence-electron chi connectivity index (χ3n) is 7.01. The zero-order chi connectivity index (χ0) is 31.8. The van der Waals surface area contributed by atoms with Crippen molar-refractivity contribution >= 4 is 17.7 Å². The maximum atomic E-state index is 15.3. The lowest BCUT2D eigenvalue weighted by molar-refractivity contribution is -0.155. The first-order valence-corrected chi connectivity index (χ1v) is 15.6. The second kappa shape index (κ2) is 14.2. The summed E-state index contributed by atoms with van der Waals surface area (Å²) in [6.07, 6.45) is 4.15. The largest absolute Gasteiger partial charge is 0.489 e. The van der Waals surface area contributed by atoms with Crippen molar-refractivity contribution in [3.05, 3.63) is 76.6 Å². The van der Waals surface area contributed by atoms with Crippen molar-refractivity contribution in [2.75, 3.05) is 12.9 Å². The Morgan fingerprint density at radius 3 is 2.33 bits per heavy atom. The van der Waals surface area contributed by atoms with Crippen LogP contribution >= 0.6 is 11.8 Å². The van der Waals surface area contributed by atoms with E-state index in [0.29, 0.717) is 29.5 Å². The molecule has 1 heterocycles. The highest BCUT2D eigenvalue weighted by Crippen LogP contribution is 2.37. The van der Waals surface area contributed by atoms with E-state index in [9.17, 15) is 10.1 Å². The monoisotopic (exact) mass is 607 g/mol. The highest BCUT2D eigenvalue weighted by atomic mass is 32.2. The van der Waals surface area contributed by atoms with Gasteiger partial charge in [-0.05, 0) is 87.7 Å². The van der Waals surface area contributed by atoms with Gasteiger partial charge in [0.1, 0.15) is 42.1 Å². The van der Waals surface area contributed by atoms with Gasteiger partial charge in [-0.3, -0.25) is 4.79 Å². The Morgan fingerprint density at radius 2 is 1.72 bits per heavy atom. The van der Waals surface area contributed by atoms with Crippen LogP contribution in [0.2, 0.25) is 0 Å². The Morgan fingerprint density at radius 1 is 1.02 bits per heavy atom. The lowest BCUT2D eigenvalue weighted by Crippen LogP contribution is -2.30. The zero-order valence-corrected chi connectivity index (χ0v) is 27.2. The number of ether oxygens (including phenoxy) is 3. The number of aryl methyl sites for hydroxylation is 1. The molecule has 0 radical (unpaired) electrons. The number of carbonyl (C=O) groups is 1. The molecule has 0 spiro atoms. The average Bonchev–Trinajstić information content (AvgIpc) is 2.97. The third kappa shape index (κ3) is 9.69. The van der Waals surface area contributed by atoms with Crippen LogP contribution in [0.1, 0.15) is 89.3 Å². The summed E-state index contributed by atoms with van der Waals surface area (Å²) in [6, 6.07) is 15.8. The Bertz CT molecular complexity index is 1440. The van der Waals surface area contributed by atoms with Crippen LogP contribution in [0.25, 0.3) is 0 Å². The number of hydrogen-bond acceptors (Lipinski definition) is 8. The van der Waals surface area contributed by atoms with E-state index in [2.05, 4.69) is 29.9 Å². The van der Waals surface area contributed by atoms with E-state index in [4.69, 9.17) is 14.2 Å². The summed E-state index contributed by atoms with van der Waals surface area (Å²) in [7, 11) is 0. The number of hydrogen-bond donors (Lipinski definition) is 0. The first kappa shape index (κ1) is 33.9. The molecule has 0 amide bonds. The lowest BCUT2D eigenvalue weighted by atomic mass is 9.77. The topological polar surface area (TPSA) is 94.3 Å². The molecule has 0 bridgehead atoms. The number of rotatable bonds is 13. The average molecular weight is 608 g/mol. The first-order chi connectivity index (χ1) is 20.2. The molecule has 1 aromatic heterocycles. The molecule has 0 aliphatic carbocycles. The van der Waals surface area contributed by atoms with Crippen molar-refractivity contribution in [3.63, 3.8) is 0 Å². The van der Waals surface area contributed by atoms with Gasteiger partial charge in [0, 0.05) is 18.0 Å². The van der Waals surface area contributed by atoms with E-state index in [1.54, 1.807) is 27.0 Å². The van der Waals surface area contributed by atoms with E-state index < -0.39 is 22.7 Å². The van der Waals surface area contributed by atoms with Gasteiger partial charge >= 0.3 is 5.97 Å². The number of aromatic nitrogens is 2. The van der Waals surface area contributed by atoms with E-state index in [1.807, 2.05) is 55.6 Å². The van der Waals surface area contributed by atoms with Gasteiger partial charge in [0.05, 0.1) is 11.3 Å². The van der Waals surface area contributed by atoms with Crippen LogP contribution in [0.4, 0.5) is 4.39 Å². The van der Waals surface area contributed by atoms with Gasteiger partial charge in [0.2, 0.25) is 0 Å². The predicted octanol–water partition coefficient (Wildman–Crippen LogP) is 7.77. The summed E-state index contributed by atoms with van der Waals surface area (Å²) in [5.41, 5.74) is 1.12. The minimum atomic E-state index is -1.78. The van der Waals surface area contributed by atoms with Crippen molar-refractivity contribution in [1.29, 1.82) is 5.26 Å². The van der Waals surface area contributed by atoms with Crippen LogP contribution in [0.3, 0.4) is 0 Å². The van der Waals surface area contributed by atoms with Crippen LogP contribution in [0.5, 0.6) is 11.5 Å². The second-order valence-corrected chi connectivity index (χ2v) is 13.0. The van der Waals surface area contributed by atoms with Gasteiger partial charge in [-0.25, -0.2) is 14.4 Å². The highest BCUT2D eigenvalue weighted by molar-refractivity contribution is 7.98. The summed E-state index contributed by atoms with van der Waals surface area (Å²) >= 11 is 1.48. The summed E-state index contributed by atoms with van der Waals surface area (Å²) in [6.45, 7) is 12.9. The number of benzene rings is 2. The molecule has 3 rings (SSSR count). The molecule has 1 atom stereocenters. The van der Waals surface area contributed by atoms with E-state index in [1.165, 1.54) is 18.7 Å². The van der Waals surface area contributed by atoms with Gasteiger partial charge in [-0.1, -0.05) is 50.7 Å². The van der Waals surface area contributed by atoms with Crippen LogP contribution in [-0.4, -0.2) is 40.1 Å². The van der Waals surface area contributed by atoms with E-state index >= 15 is 4.39 Å². The smallest absolute Gasteiger partial charge is 0.306 e. The standard InChI is InChI=1S/C34H42FN3O4S/c1-9-23-18-26(19-24(20-36)30(23)41-22-34(7,35)16-14-29(39)42-32(2,3)4)33(5,6)25-10-12-28(13-11-25)40-21-27-15-17-37-31(38-27)43-8/h10-13,15,17-19H,9,14,16,21-22H2,1-8H3. The summed E-state index contributed by atoms with van der Waals surface area (Å²) in [5, 5.41) is 10.7. The Hall–Kier alpha value is -3.64. The van der Waals surface area contributed by atoms with Crippen LogP contribution in [0.15, 0.2) is 53.8 Å². The molecule has 0 saturated carbocycles. The van der Waals surface area contributed by atoms with Crippen molar-refractivity contribution in [2.45, 2.75) is 96.2 Å². The number of carbonyl (C=O) groups excluding carboxylic acids is 1. The van der Waals surface area contributed by atoms with Gasteiger partial charge in [-0.15, -0.1) is 0 Å². The van der Waals surface area contributed by atoms with Gasteiger partial charge in [0.25, 0.3) is 0 Å². The number of nitriles is 1. The maximum absolute atomic E-state index is 15.3. The molecule has 0 aliphatic heterocycles. The van der Waals surface area contributed by atoms with E-state index in [-0.39, 0.29) is 19.4 Å². The molecule has 230 valence electrons. The molecule has 0 saturated heterocycles. The fourth-order valence-corrected chi connectivity index (χ4v) is 4.84. The Kier molecular flexibility index (Phi) is 11.2. The fourth-order valence-electron chi connectivity index (χ4n) is 4.46. The molecular weight excluding hydrogens is 565 g/mol. The lowest BCUT2D eigenvalue weighted by Gasteiger charge is -2.28. The molecule has 0 fully saturated rings. The van der Waals surface area contributed by atoms with Gasteiger partial charge in [-0.2, -0.15) is 5.26 Å². The SMILES string of the molecule is CCc1cc(C(C)(C)c2ccc(OCc3ccnc(SC)n3)cc2)cc(C#N)c1OCC(C)(F)CCC(=O)OC(C)(C)C.